The Balaban J connectivity index is 2.36. The molecule has 1 atom stereocenters. The lowest BCUT2D eigenvalue weighted by Crippen LogP contribution is -1.98. The lowest BCUT2D eigenvalue weighted by molar-refractivity contribution is 0.163. The molecule has 0 aliphatic rings. The van der Waals surface area contributed by atoms with Gasteiger partial charge in [-0.2, -0.15) is 0 Å². The van der Waals surface area contributed by atoms with Crippen LogP contribution in [0.5, 0.6) is 0 Å². The molecular weight excluding hydrogens is 220 g/mol. The zero-order valence-electron chi connectivity index (χ0n) is 11.7. The third-order valence-corrected chi connectivity index (χ3v) is 3.37. The molecule has 0 saturated heterocycles. The minimum Gasteiger partial charge on any atom is -0.388 e. The Labute approximate surface area is 112 Å². The second-order valence-electron chi connectivity index (χ2n) is 5.26. The Kier molecular flexibility index (Phi) is 6.74. The van der Waals surface area contributed by atoms with Crippen LogP contribution < -0.4 is 0 Å². The second-order valence-corrected chi connectivity index (χ2v) is 5.26. The monoisotopic (exact) mass is 246 g/mol. The number of rotatable bonds is 8. The zero-order valence-corrected chi connectivity index (χ0v) is 11.7. The number of aliphatic hydroxyl groups excluding tert-OH is 1. The quantitative estimate of drug-likeness (QED) is 0.506. The van der Waals surface area contributed by atoms with Crippen molar-refractivity contribution >= 4 is 0 Å². The molecule has 1 unspecified atom stereocenters. The maximum absolute atomic E-state index is 10.1. The van der Waals surface area contributed by atoms with E-state index < -0.39 is 0 Å². The van der Waals surface area contributed by atoms with E-state index in [0.29, 0.717) is 5.92 Å². The third-order valence-electron chi connectivity index (χ3n) is 3.37. The van der Waals surface area contributed by atoms with E-state index in [1.165, 1.54) is 18.4 Å². The van der Waals surface area contributed by atoms with Gasteiger partial charge in [-0.1, -0.05) is 57.0 Å². The fraction of sp³-hybridized carbons (Fsp3) is 0.529. The maximum Gasteiger partial charge on any atom is 0.0790 e. The molecule has 0 aliphatic carbocycles. The molecule has 0 radical (unpaired) electrons. The fourth-order valence-corrected chi connectivity index (χ4v) is 2.07. The summed E-state index contributed by atoms with van der Waals surface area (Å²) in [6.07, 6.45) is 7.03. The van der Waals surface area contributed by atoms with Gasteiger partial charge >= 0.3 is 0 Å². The molecule has 1 aromatic rings. The van der Waals surface area contributed by atoms with E-state index in [9.17, 15) is 5.11 Å². The predicted molar refractivity (Wildman–Crippen MR) is 78.8 cm³/mol. The first kappa shape index (κ1) is 15.0. The van der Waals surface area contributed by atoms with Gasteiger partial charge in [0.2, 0.25) is 0 Å². The second kappa shape index (κ2) is 8.10. The van der Waals surface area contributed by atoms with E-state index in [4.69, 9.17) is 0 Å². The van der Waals surface area contributed by atoms with Crippen molar-refractivity contribution in [2.75, 3.05) is 0 Å². The number of allylic oxidation sites excluding steroid dienone is 1. The van der Waals surface area contributed by atoms with Gasteiger partial charge in [-0.3, -0.25) is 0 Å². The topological polar surface area (TPSA) is 20.2 Å². The van der Waals surface area contributed by atoms with E-state index in [-0.39, 0.29) is 6.10 Å². The van der Waals surface area contributed by atoms with Crippen LogP contribution in [0.3, 0.4) is 0 Å². The van der Waals surface area contributed by atoms with Crippen molar-refractivity contribution in [1.82, 2.24) is 0 Å². The minimum atomic E-state index is -0.310. The van der Waals surface area contributed by atoms with Gasteiger partial charge in [0.1, 0.15) is 0 Å². The Morgan fingerprint density at radius 2 is 1.67 bits per heavy atom. The molecule has 18 heavy (non-hydrogen) atoms. The van der Waals surface area contributed by atoms with Crippen LogP contribution in [0.2, 0.25) is 0 Å². The number of benzene rings is 1. The number of hydrogen-bond acceptors (Lipinski definition) is 1. The van der Waals surface area contributed by atoms with Gasteiger partial charge in [0.25, 0.3) is 0 Å². The van der Waals surface area contributed by atoms with Crippen LogP contribution in [0.15, 0.2) is 36.9 Å². The molecule has 0 aromatic heterocycles. The summed E-state index contributed by atoms with van der Waals surface area (Å²) >= 11 is 0. The fourth-order valence-electron chi connectivity index (χ4n) is 2.07. The van der Waals surface area contributed by atoms with Gasteiger partial charge in [0.05, 0.1) is 6.10 Å². The van der Waals surface area contributed by atoms with Crippen molar-refractivity contribution < 1.29 is 5.11 Å². The summed E-state index contributed by atoms with van der Waals surface area (Å²) in [5.74, 6) is 0.551. The molecule has 1 N–H and O–H groups in total. The van der Waals surface area contributed by atoms with Gasteiger partial charge < -0.3 is 5.11 Å². The summed E-state index contributed by atoms with van der Waals surface area (Å²) < 4.78 is 0. The van der Waals surface area contributed by atoms with Gasteiger partial charge in [-0.25, -0.2) is 0 Å². The first-order valence-corrected chi connectivity index (χ1v) is 7.04. The highest BCUT2D eigenvalue weighted by atomic mass is 16.3. The molecule has 1 nitrogen and oxygen atoms in total. The molecule has 1 aromatic carbocycles. The Bertz CT molecular complexity index is 337. The van der Waals surface area contributed by atoms with Crippen molar-refractivity contribution in [2.45, 2.75) is 58.0 Å². The number of unbranched alkanes of at least 4 members (excludes halogenated alkanes) is 3. The molecule has 0 fully saturated rings. The molecular formula is C17H26O. The SMILES string of the molecule is C=CCCCCCC(O)c1ccc(C(C)C)cc1. The molecule has 0 saturated carbocycles. The summed E-state index contributed by atoms with van der Waals surface area (Å²) in [7, 11) is 0. The van der Waals surface area contributed by atoms with E-state index >= 15 is 0 Å². The van der Waals surface area contributed by atoms with Gasteiger partial charge in [0.15, 0.2) is 0 Å². The highest BCUT2D eigenvalue weighted by molar-refractivity contribution is 5.25. The first-order chi connectivity index (χ1) is 8.65. The maximum atomic E-state index is 10.1. The van der Waals surface area contributed by atoms with Crippen molar-refractivity contribution in [2.24, 2.45) is 0 Å². The predicted octanol–water partition coefficient (Wildman–Crippen LogP) is 4.98. The largest absolute Gasteiger partial charge is 0.388 e. The molecule has 0 bridgehead atoms. The van der Waals surface area contributed by atoms with Crippen molar-refractivity contribution in [3.8, 4) is 0 Å². The highest BCUT2D eigenvalue weighted by Crippen LogP contribution is 2.22. The van der Waals surface area contributed by atoms with Crippen LogP contribution in [0.4, 0.5) is 0 Å². The standard InChI is InChI=1S/C17H26O/c1-4-5-6-7-8-9-17(18)16-12-10-15(11-13-16)14(2)3/h4,10-14,17-18H,1,5-9H2,2-3H3. The Hall–Kier alpha value is -1.08. The molecule has 1 rings (SSSR count). The van der Waals surface area contributed by atoms with Crippen LogP contribution >= 0.6 is 0 Å². The van der Waals surface area contributed by atoms with Crippen LogP contribution in [-0.4, -0.2) is 5.11 Å². The van der Waals surface area contributed by atoms with E-state index in [0.717, 1.165) is 24.8 Å². The van der Waals surface area contributed by atoms with E-state index in [1.807, 2.05) is 6.08 Å². The lowest BCUT2D eigenvalue weighted by Gasteiger charge is -2.12. The van der Waals surface area contributed by atoms with Crippen molar-refractivity contribution in [3.63, 3.8) is 0 Å². The number of hydrogen-bond donors (Lipinski definition) is 1. The lowest BCUT2D eigenvalue weighted by atomic mass is 9.98. The average molecular weight is 246 g/mol. The summed E-state index contributed by atoms with van der Waals surface area (Å²) in [6, 6.07) is 8.37. The first-order valence-electron chi connectivity index (χ1n) is 7.04. The molecule has 0 heterocycles. The molecule has 1 heteroatoms. The highest BCUT2D eigenvalue weighted by Gasteiger charge is 2.07. The Morgan fingerprint density at radius 3 is 2.22 bits per heavy atom. The average Bonchev–Trinajstić information content (AvgIpc) is 2.38. The number of aliphatic hydroxyl groups is 1. The van der Waals surface area contributed by atoms with Crippen LogP contribution in [0, 0.1) is 0 Å². The summed E-state index contributed by atoms with van der Waals surface area (Å²) in [4.78, 5) is 0. The Morgan fingerprint density at radius 1 is 1.06 bits per heavy atom. The van der Waals surface area contributed by atoms with Gasteiger partial charge in [-0.15, -0.1) is 6.58 Å². The third kappa shape index (κ3) is 5.05. The van der Waals surface area contributed by atoms with E-state index in [2.05, 4.69) is 44.7 Å². The molecule has 0 spiro atoms. The summed E-state index contributed by atoms with van der Waals surface area (Å²) in [6.45, 7) is 8.09. The summed E-state index contributed by atoms with van der Waals surface area (Å²) in [5, 5.41) is 10.1. The summed E-state index contributed by atoms with van der Waals surface area (Å²) in [5.41, 5.74) is 2.38. The minimum absolute atomic E-state index is 0.310. The normalized spacial score (nSPS) is 12.7. The van der Waals surface area contributed by atoms with E-state index in [1.54, 1.807) is 0 Å². The molecule has 0 amide bonds. The van der Waals surface area contributed by atoms with Crippen LogP contribution in [-0.2, 0) is 0 Å². The van der Waals surface area contributed by atoms with Crippen molar-refractivity contribution in [3.05, 3.63) is 48.0 Å². The molecule has 0 aliphatic heterocycles. The zero-order chi connectivity index (χ0) is 13.4. The van der Waals surface area contributed by atoms with Crippen molar-refractivity contribution in [1.29, 1.82) is 0 Å². The van der Waals surface area contributed by atoms with Crippen LogP contribution in [0.25, 0.3) is 0 Å². The van der Waals surface area contributed by atoms with Gasteiger partial charge in [-0.05, 0) is 36.3 Å². The molecule has 100 valence electrons. The smallest absolute Gasteiger partial charge is 0.0790 e. The van der Waals surface area contributed by atoms with Crippen LogP contribution in [0.1, 0.15) is 69.1 Å². The van der Waals surface area contributed by atoms with Gasteiger partial charge in [0, 0.05) is 0 Å².